The highest BCUT2D eigenvalue weighted by Crippen LogP contribution is 2.34. The van der Waals surface area contributed by atoms with Crippen LogP contribution in [0.2, 0.25) is 0 Å². The third kappa shape index (κ3) is 4.89. The molecule has 3 aromatic carbocycles. The van der Waals surface area contributed by atoms with E-state index in [0.29, 0.717) is 6.42 Å². The number of nitrogens with zero attached hydrogens (tertiary/aromatic N) is 2. The summed E-state index contributed by atoms with van der Waals surface area (Å²) < 4.78 is 13.8. The van der Waals surface area contributed by atoms with E-state index in [-0.39, 0.29) is 11.9 Å². The first kappa shape index (κ1) is 21.8. The number of carbonyl (C=O) groups excluding carboxylic acids is 1. The molecule has 32 heavy (non-hydrogen) atoms. The molecule has 1 amide bonds. The summed E-state index contributed by atoms with van der Waals surface area (Å²) in [4.78, 5) is 13.3. The third-order valence-corrected chi connectivity index (χ3v) is 6.14. The molecule has 7 heteroatoms. The third-order valence-electron chi connectivity index (χ3n) is 5.30. The second kappa shape index (κ2) is 9.78. The maximum absolute atomic E-state index is 12.2. The highest BCUT2D eigenvalue weighted by molar-refractivity contribution is 8.00. The standard InChI is InChI=1S/C25H25N3O3S/c1-17(29)28-25(19-6-10-21(30-2)11-7-19)16-24(26-28)18-4-8-20(9-5-18)27-32-23-14-12-22(31-3)13-15-23/h4-15,25,27H,16H2,1-3H3. The molecule has 0 saturated carbocycles. The molecule has 0 bridgehead atoms. The predicted octanol–water partition coefficient (Wildman–Crippen LogP) is 5.52. The average molecular weight is 448 g/mol. The van der Waals surface area contributed by atoms with Crippen LogP contribution in [0.3, 0.4) is 0 Å². The Morgan fingerprint density at radius 1 is 0.938 bits per heavy atom. The summed E-state index contributed by atoms with van der Waals surface area (Å²) in [5.41, 5.74) is 3.93. The van der Waals surface area contributed by atoms with Crippen LogP contribution in [0, 0.1) is 0 Å². The fourth-order valence-corrected chi connectivity index (χ4v) is 4.20. The van der Waals surface area contributed by atoms with Crippen LogP contribution in [0.5, 0.6) is 11.5 Å². The predicted molar refractivity (Wildman–Crippen MR) is 128 cm³/mol. The number of nitrogens with one attached hydrogen (secondary N) is 1. The lowest BCUT2D eigenvalue weighted by molar-refractivity contribution is -0.130. The molecular formula is C25H25N3O3S. The Hall–Kier alpha value is -3.45. The Labute approximate surface area is 192 Å². The Morgan fingerprint density at radius 2 is 1.53 bits per heavy atom. The van der Waals surface area contributed by atoms with Gasteiger partial charge >= 0.3 is 0 Å². The SMILES string of the molecule is COc1ccc(SNc2ccc(C3=NN(C(C)=O)C(c4ccc(OC)cc4)C3)cc2)cc1. The molecule has 1 aliphatic rings. The molecule has 0 fully saturated rings. The Bertz CT molecular complexity index is 1100. The Morgan fingerprint density at radius 3 is 2.09 bits per heavy atom. The van der Waals surface area contributed by atoms with Crippen LogP contribution in [0.15, 0.2) is 82.8 Å². The minimum atomic E-state index is -0.114. The smallest absolute Gasteiger partial charge is 0.240 e. The van der Waals surface area contributed by atoms with Crippen LogP contribution in [0.1, 0.15) is 30.5 Å². The number of rotatable bonds is 7. The molecule has 6 nitrogen and oxygen atoms in total. The maximum atomic E-state index is 12.2. The summed E-state index contributed by atoms with van der Waals surface area (Å²) >= 11 is 1.54. The van der Waals surface area contributed by atoms with Crippen molar-refractivity contribution in [3.8, 4) is 11.5 Å². The van der Waals surface area contributed by atoms with E-state index in [2.05, 4.69) is 9.82 Å². The van der Waals surface area contributed by atoms with E-state index < -0.39 is 0 Å². The number of amides is 1. The summed E-state index contributed by atoms with van der Waals surface area (Å²) in [5.74, 6) is 1.55. The van der Waals surface area contributed by atoms with Gasteiger partial charge in [0, 0.05) is 23.9 Å². The molecule has 0 aliphatic carbocycles. The van der Waals surface area contributed by atoms with Gasteiger partial charge in [-0.2, -0.15) is 5.10 Å². The van der Waals surface area contributed by atoms with Gasteiger partial charge in [0.25, 0.3) is 0 Å². The number of hydrogen-bond acceptors (Lipinski definition) is 6. The summed E-state index contributed by atoms with van der Waals surface area (Å²) in [6.07, 6.45) is 0.666. The molecule has 1 N–H and O–H groups in total. The molecule has 0 radical (unpaired) electrons. The van der Waals surface area contributed by atoms with E-state index in [4.69, 9.17) is 9.47 Å². The van der Waals surface area contributed by atoms with Crippen molar-refractivity contribution in [2.75, 3.05) is 18.9 Å². The van der Waals surface area contributed by atoms with Crippen molar-refractivity contribution in [3.05, 3.63) is 83.9 Å². The normalized spacial score (nSPS) is 15.3. The van der Waals surface area contributed by atoms with Crippen molar-refractivity contribution < 1.29 is 14.3 Å². The first-order chi connectivity index (χ1) is 15.6. The van der Waals surface area contributed by atoms with Crippen molar-refractivity contribution in [1.29, 1.82) is 0 Å². The number of methoxy groups -OCH3 is 2. The second-order valence-electron chi connectivity index (χ2n) is 7.36. The molecular weight excluding hydrogens is 422 g/mol. The van der Waals surface area contributed by atoms with E-state index in [9.17, 15) is 4.79 Å². The number of hydrazone groups is 1. The lowest BCUT2D eigenvalue weighted by Gasteiger charge is -2.20. The van der Waals surface area contributed by atoms with Gasteiger partial charge in [-0.3, -0.25) is 4.79 Å². The van der Waals surface area contributed by atoms with Crippen LogP contribution in [-0.2, 0) is 4.79 Å². The first-order valence-corrected chi connectivity index (χ1v) is 11.1. The van der Waals surface area contributed by atoms with Crippen LogP contribution in [-0.4, -0.2) is 30.8 Å². The van der Waals surface area contributed by atoms with Crippen LogP contribution in [0.4, 0.5) is 5.69 Å². The van der Waals surface area contributed by atoms with Crippen molar-refractivity contribution in [2.45, 2.75) is 24.3 Å². The molecule has 0 spiro atoms. The minimum absolute atomic E-state index is 0.0741. The van der Waals surface area contributed by atoms with Gasteiger partial charge in [-0.05, 0) is 71.6 Å². The first-order valence-electron chi connectivity index (χ1n) is 10.3. The fourth-order valence-electron chi connectivity index (χ4n) is 3.55. The zero-order valence-corrected chi connectivity index (χ0v) is 19.1. The lowest BCUT2D eigenvalue weighted by atomic mass is 9.98. The van der Waals surface area contributed by atoms with E-state index in [1.807, 2.05) is 72.8 Å². The van der Waals surface area contributed by atoms with Crippen LogP contribution in [0.25, 0.3) is 0 Å². The van der Waals surface area contributed by atoms with Crippen molar-refractivity contribution >= 4 is 29.3 Å². The van der Waals surface area contributed by atoms with Crippen LogP contribution < -0.4 is 14.2 Å². The number of carbonyl (C=O) groups is 1. The number of anilines is 1. The number of hydrogen-bond donors (Lipinski definition) is 1. The van der Waals surface area contributed by atoms with E-state index in [1.54, 1.807) is 26.2 Å². The van der Waals surface area contributed by atoms with E-state index in [1.165, 1.54) is 11.9 Å². The van der Waals surface area contributed by atoms with Gasteiger partial charge in [0.2, 0.25) is 5.91 Å². The molecule has 1 atom stereocenters. The average Bonchev–Trinajstić information content (AvgIpc) is 3.29. The van der Waals surface area contributed by atoms with E-state index >= 15 is 0 Å². The molecule has 1 aliphatic heterocycles. The lowest BCUT2D eigenvalue weighted by Crippen LogP contribution is -2.24. The van der Waals surface area contributed by atoms with Crippen molar-refractivity contribution in [3.63, 3.8) is 0 Å². The van der Waals surface area contributed by atoms with E-state index in [0.717, 1.165) is 38.9 Å². The van der Waals surface area contributed by atoms with Gasteiger partial charge in [0.1, 0.15) is 11.5 Å². The molecule has 164 valence electrons. The topological polar surface area (TPSA) is 63.2 Å². The largest absolute Gasteiger partial charge is 0.497 e. The van der Waals surface area contributed by atoms with Gasteiger partial charge in [-0.1, -0.05) is 24.3 Å². The van der Waals surface area contributed by atoms with Crippen molar-refractivity contribution in [2.24, 2.45) is 5.10 Å². The molecule has 4 rings (SSSR count). The minimum Gasteiger partial charge on any atom is -0.497 e. The monoisotopic (exact) mass is 447 g/mol. The summed E-state index contributed by atoms with van der Waals surface area (Å²) in [6.45, 7) is 1.55. The van der Waals surface area contributed by atoms with Gasteiger partial charge in [0.05, 0.1) is 26.0 Å². The Kier molecular flexibility index (Phi) is 6.66. The molecule has 0 aromatic heterocycles. The molecule has 3 aromatic rings. The highest BCUT2D eigenvalue weighted by Gasteiger charge is 2.31. The van der Waals surface area contributed by atoms with Crippen molar-refractivity contribution in [1.82, 2.24) is 5.01 Å². The summed E-state index contributed by atoms with van der Waals surface area (Å²) in [6, 6.07) is 23.7. The molecule has 1 unspecified atom stereocenters. The molecule has 0 saturated heterocycles. The van der Waals surface area contributed by atoms with Gasteiger partial charge in [-0.25, -0.2) is 5.01 Å². The second-order valence-corrected chi connectivity index (χ2v) is 8.24. The molecule has 1 heterocycles. The summed E-state index contributed by atoms with van der Waals surface area (Å²) in [7, 11) is 3.30. The summed E-state index contributed by atoms with van der Waals surface area (Å²) in [5, 5.41) is 6.20. The highest BCUT2D eigenvalue weighted by atomic mass is 32.2. The van der Waals surface area contributed by atoms with Gasteiger partial charge in [0.15, 0.2) is 0 Å². The quantitative estimate of drug-likeness (QED) is 0.483. The zero-order valence-electron chi connectivity index (χ0n) is 18.2. The van der Waals surface area contributed by atoms with Gasteiger partial charge in [-0.15, -0.1) is 0 Å². The Balaban J connectivity index is 1.44. The van der Waals surface area contributed by atoms with Gasteiger partial charge < -0.3 is 14.2 Å². The fraction of sp³-hybridized carbons (Fsp3) is 0.200. The number of ether oxygens (including phenoxy) is 2. The number of benzene rings is 3. The maximum Gasteiger partial charge on any atom is 0.240 e. The zero-order chi connectivity index (χ0) is 22.5. The van der Waals surface area contributed by atoms with Crippen LogP contribution >= 0.6 is 11.9 Å².